The summed E-state index contributed by atoms with van der Waals surface area (Å²) >= 11 is 0. The average molecular weight is 235 g/mol. The third-order valence-electron chi connectivity index (χ3n) is 2.55. The van der Waals surface area contributed by atoms with E-state index in [1.165, 1.54) is 0 Å². The molecular weight excluding hydrogens is 222 g/mol. The van der Waals surface area contributed by atoms with Crippen molar-refractivity contribution < 1.29 is 4.21 Å². The molecule has 4 nitrogen and oxygen atoms in total. The molecule has 0 bridgehead atoms. The van der Waals surface area contributed by atoms with Gasteiger partial charge in [-0.2, -0.15) is 5.26 Å². The van der Waals surface area contributed by atoms with Gasteiger partial charge in [0.25, 0.3) is 0 Å². The number of nitrogens with zero attached hydrogens (tertiary/aromatic N) is 2. The molecule has 1 fully saturated rings. The van der Waals surface area contributed by atoms with Crippen LogP contribution in [0.15, 0.2) is 18.3 Å². The van der Waals surface area contributed by atoms with Gasteiger partial charge < -0.3 is 5.32 Å². The van der Waals surface area contributed by atoms with Gasteiger partial charge in [-0.3, -0.25) is 4.21 Å². The fourth-order valence-electron chi connectivity index (χ4n) is 1.60. The second kappa shape index (κ2) is 5.19. The highest BCUT2D eigenvalue weighted by Gasteiger charge is 2.19. The van der Waals surface area contributed by atoms with Gasteiger partial charge in [-0.05, 0) is 23.6 Å². The summed E-state index contributed by atoms with van der Waals surface area (Å²) in [5.74, 6) is 1.82. The predicted octanol–water partition coefficient (Wildman–Crippen LogP) is 0.421. The summed E-state index contributed by atoms with van der Waals surface area (Å²) < 4.78 is 11.8. The Morgan fingerprint density at radius 2 is 2.44 bits per heavy atom. The number of pyridine rings is 1. The van der Waals surface area contributed by atoms with Gasteiger partial charge in [-0.25, -0.2) is 4.98 Å². The standard InChI is InChI=1S/C11H13N3OS/c12-4-11-3-9(1-2-14-11)7-16(15)8-10-5-13-6-10/h1-3,10,13H,5-8H2. The topological polar surface area (TPSA) is 65.8 Å². The Hall–Kier alpha value is -1.25. The fourth-order valence-corrected chi connectivity index (χ4v) is 3.03. The van der Waals surface area contributed by atoms with Crippen LogP contribution in [0, 0.1) is 17.2 Å². The summed E-state index contributed by atoms with van der Waals surface area (Å²) in [5, 5.41) is 11.9. The van der Waals surface area contributed by atoms with Crippen LogP contribution in [-0.2, 0) is 16.6 Å². The van der Waals surface area contributed by atoms with E-state index in [2.05, 4.69) is 10.3 Å². The summed E-state index contributed by atoms with van der Waals surface area (Å²) in [4.78, 5) is 3.88. The summed E-state index contributed by atoms with van der Waals surface area (Å²) in [6.45, 7) is 1.96. The lowest BCUT2D eigenvalue weighted by Gasteiger charge is -2.26. The van der Waals surface area contributed by atoms with Gasteiger partial charge in [-0.15, -0.1) is 0 Å². The number of hydrogen-bond acceptors (Lipinski definition) is 4. The van der Waals surface area contributed by atoms with Gasteiger partial charge in [0, 0.05) is 41.6 Å². The van der Waals surface area contributed by atoms with Crippen molar-refractivity contribution in [3.8, 4) is 6.07 Å². The van der Waals surface area contributed by atoms with E-state index in [4.69, 9.17) is 5.26 Å². The summed E-state index contributed by atoms with van der Waals surface area (Å²) in [7, 11) is -0.837. The molecule has 0 saturated carbocycles. The van der Waals surface area contributed by atoms with E-state index >= 15 is 0 Å². The lowest BCUT2D eigenvalue weighted by Crippen LogP contribution is -2.44. The summed E-state index contributed by atoms with van der Waals surface area (Å²) in [6, 6.07) is 5.51. The lowest BCUT2D eigenvalue weighted by molar-refractivity contribution is 0.382. The SMILES string of the molecule is N#Cc1cc(CS(=O)CC2CNC2)ccn1. The molecule has 5 heteroatoms. The first-order chi connectivity index (χ1) is 7.78. The minimum Gasteiger partial charge on any atom is -0.316 e. The van der Waals surface area contributed by atoms with Crippen LogP contribution in [0.5, 0.6) is 0 Å². The molecule has 1 N–H and O–H groups in total. The van der Waals surface area contributed by atoms with E-state index in [9.17, 15) is 4.21 Å². The number of rotatable bonds is 4. The molecule has 2 heterocycles. The van der Waals surface area contributed by atoms with Gasteiger partial charge in [0.1, 0.15) is 11.8 Å². The van der Waals surface area contributed by atoms with Crippen molar-refractivity contribution in [2.24, 2.45) is 5.92 Å². The second-order valence-corrected chi connectivity index (χ2v) is 5.44. The maximum atomic E-state index is 11.8. The average Bonchev–Trinajstić information content (AvgIpc) is 2.24. The van der Waals surface area contributed by atoms with Crippen molar-refractivity contribution in [3.63, 3.8) is 0 Å². The monoisotopic (exact) mass is 235 g/mol. The van der Waals surface area contributed by atoms with Gasteiger partial charge in [0.05, 0.1) is 0 Å². The van der Waals surface area contributed by atoms with E-state index < -0.39 is 10.8 Å². The highest BCUT2D eigenvalue weighted by molar-refractivity contribution is 7.84. The van der Waals surface area contributed by atoms with Crippen molar-refractivity contribution in [3.05, 3.63) is 29.6 Å². The Morgan fingerprint density at radius 1 is 1.62 bits per heavy atom. The van der Waals surface area contributed by atoms with Crippen LogP contribution in [0.25, 0.3) is 0 Å². The van der Waals surface area contributed by atoms with Gasteiger partial charge in [0.15, 0.2) is 0 Å². The maximum Gasteiger partial charge on any atom is 0.140 e. The molecule has 1 aromatic heterocycles. The van der Waals surface area contributed by atoms with Crippen molar-refractivity contribution in [2.45, 2.75) is 5.75 Å². The van der Waals surface area contributed by atoms with Crippen LogP contribution in [0.2, 0.25) is 0 Å². The van der Waals surface area contributed by atoms with E-state index in [1.54, 1.807) is 12.3 Å². The quantitative estimate of drug-likeness (QED) is 0.821. The van der Waals surface area contributed by atoms with Gasteiger partial charge in [-0.1, -0.05) is 0 Å². The van der Waals surface area contributed by atoms with Crippen molar-refractivity contribution in [1.82, 2.24) is 10.3 Å². The van der Waals surface area contributed by atoms with E-state index in [0.717, 1.165) is 24.4 Å². The molecule has 1 atom stereocenters. The molecule has 0 aliphatic carbocycles. The maximum absolute atomic E-state index is 11.8. The molecular formula is C11H13N3OS. The highest BCUT2D eigenvalue weighted by atomic mass is 32.2. The molecule has 1 unspecified atom stereocenters. The van der Waals surface area contributed by atoms with Crippen molar-refractivity contribution in [1.29, 1.82) is 5.26 Å². The van der Waals surface area contributed by atoms with Crippen LogP contribution >= 0.6 is 0 Å². The van der Waals surface area contributed by atoms with Crippen LogP contribution < -0.4 is 5.32 Å². The molecule has 1 saturated heterocycles. The number of aromatic nitrogens is 1. The zero-order valence-corrected chi connectivity index (χ0v) is 9.67. The zero-order chi connectivity index (χ0) is 11.4. The largest absolute Gasteiger partial charge is 0.316 e. The first-order valence-electron chi connectivity index (χ1n) is 5.18. The fraction of sp³-hybridized carbons (Fsp3) is 0.455. The molecule has 0 spiro atoms. The van der Waals surface area contributed by atoms with Gasteiger partial charge in [0.2, 0.25) is 0 Å². The van der Waals surface area contributed by atoms with Gasteiger partial charge >= 0.3 is 0 Å². The van der Waals surface area contributed by atoms with E-state index in [-0.39, 0.29) is 0 Å². The van der Waals surface area contributed by atoms with Crippen molar-refractivity contribution >= 4 is 10.8 Å². The van der Waals surface area contributed by atoms with E-state index in [0.29, 0.717) is 17.4 Å². The van der Waals surface area contributed by atoms with Crippen LogP contribution in [0.4, 0.5) is 0 Å². The number of hydrogen-bond donors (Lipinski definition) is 1. The molecule has 16 heavy (non-hydrogen) atoms. The first kappa shape index (κ1) is 11.2. The predicted molar refractivity (Wildman–Crippen MR) is 62.0 cm³/mol. The van der Waals surface area contributed by atoms with Crippen molar-refractivity contribution in [2.75, 3.05) is 18.8 Å². The normalized spacial score (nSPS) is 17.4. The molecule has 1 aliphatic heterocycles. The molecule has 0 radical (unpaired) electrons. The number of nitriles is 1. The highest BCUT2D eigenvalue weighted by Crippen LogP contribution is 2.10. The Balaban J connectivity index is 1.92. The number of nitrogens with one attached hydrogen (secondary N) is 1. The summed E-state index contributed by atoms with van der Waals surface area (Å²) in [6.07, 6.45) is 1.59. The van der Waals surface area contributed by atoms with Crippen LogP contribution in [0.3, 0.4) is 0 Å². The molecule has 0 aromatic carbocycles. The Kier molecular flexibility index (Phi) is 3.65. The third-order valence-corrected chi connectivity index (χ3v) is 4.05. The Bertz CT molecular complexity index is 437. The molecule has 84 valence electrons. The molecule has 1 aromatic rings. The van der Waals surface area contributed by atoms with Crippen LogP contribution in [-0.4, -0.2) is 28.0 Å². The summed E-state index contributed by atoms with van der Waals surface area (Å²) in [5.41, 5.74) is 1.32. The zero-order valence-electron chi connectivity index (χ0n) is 8.85. The Labute approximate surface area is 97.2 Å². The first-order valence-corrected chi connectivity index (χ1v) is 6.67. The molecule has 0 amide bonds. The van der Waals surface area contributed by atoms with E-state index in [1.807, 2.05) is 12.1 Å². The smallest absolute Gasteiger partial charge is 0.140 e. The minimum atomic E-state index is -0.837. The second-order valence-electron chi connectivity index (χ2n) is 3.94. The molecule has 2 rings (SSSR count). The minimum absolute atomic E-state index is 0.389. The van der Waals surface area contributed by atoms with Crippen LogP contribution in [0.1, 0.15) is 11.3 Å². The third kappa shape index (κ3) is 2.87. The molecule has 1 aliphatic rings. The lowest BCUT2D eigenvalue weighted by atomic mass is 10.1. The Morgan fingerprint density at radius 3 is 3.06 bits per heavy atom.